The number of aromatic nitrogens is 1. The van der Waals surface area contributed by atoms with Crippen molar-refractivity contribution in [3.63, 3.8) is 0 Å². The topological polar surface area (TPSA) is 62.6 Å². The fourth-order valence-electron chi connectivity index (χ4n) is 1.52. The Hall–Kier alpha value is -2.21. The number of hydrazone groups is 1. The number of nitrogens with zero attached hydrogens (tertiary/aromatic N) is 3. The van der Waals surface area contributed by atoms with E-state index in [1.165, 1.54) is 13.3 Å². The molecule has 0 unspecified atom stereocenters. The molecule has 0 atom stereocenters. The summed E-state index contributed by atoms with van der Waals surface area (Å²) in [5, 5.41) is 3.92. The van der Waals surface area contributed by atoms with Crippen molar-refractivity contribution in [1.82, 2.24) is 9.40 Å². The molecule has 0 aliphatic carbocycles. The predicted octanol–water partition coefficient (Wildman–Crippen LogP) is 2.04. The molecule has 1 aromatic heterocycles. The van der Waals surface area contributed by atoms with Crippen molar-refractivity contribution in [3.05, 3.63) is 59.9 Å². The molecule has 0 bridgehead atoms. The molecule has 1 aromatic carbocycles. The van der Waals surface area contributed by atoms with Crippen LogP contribution in [0.25, 0.3) is 0 Å². The average Bonchev–Trinajstić information content (AvgIpc) is 2.46. The SMILES string of the molecule is Cc1ccc(S(=O)(=O)N(C)/N=C\c2ccccn2)cc1. The lowest BCUT2D eigenvalue weighted by molar-refractivity contribution is 0.491. The summed E-state index contributed by atoms with van der Waals surface area (Å²) in [4.78, 5) is 4.26. The second kappa shape index (κ2) is 5.83. The van der Waals surface area contributed by atoms with Crippen LogP contribution >= 0.6 is 0 Å². The Morgan fingerprint density at radius 1 is 1.15 bits per heavy atom. The van der Waals surface area contributed by atoms with Crippen LogP contribution in [0.15, 0.2) is 58.7 Å². The lowest BCUT2D eigenvalue weighted by atomic mass is 10.2. The van der Waals surface area contributed by atoms with Crippen LogP contribution in [0, 0.1) is 6.92 Å². The molecule has 2 aromatic rings. The first-order valence-corrected chi connectivity index (χ1v) is 7.45. The highest BCUT2D eigenvalue weighted by Gasteiger charge is 2.18. The maximum absolute atomic E-state index is 12.3. The van der Waals surface area contributed by atoms with E-state index < -0.39 is 10.0 Å². The Bertz CT molecular complexity index is 695. The third-order valence-corrected chi connectivity index (χ3v) is 4.36. The van der Waals surface area contributed by atoms with Crippen molar-refractivity contribution in [3.8, 4) is 0 Å². The van der Waals surface area contributed by atoms with Gasteiger partial charge in [0.25, 0.3) is 10.0 Å². The van der Waals surface area contributed by atoms with Gasteiger partial charge >= 0.3 is 0 Å². The summed E-state index contributed by atoms with van der Waals surface area (Å²) in [5.41, 5.74) is 1.60. The molecule has 0 fully saturated rings. The van der Waals surface area contributed by atoms with Gasteiger partial charge in [0.2, 0.25) is 0 Å². The quantitative estimate of drug-likeness (QED) is 0.639. The van der Waals surface area contributed by atoms with Crippen LogP contribution in [0.5, 0.6) is 0 Å². The molecule has 0 aliphatic heterocycles. The first kappa shape index (κ1) is 14.2. The minimum Gasteiger partial charge on any atom is -0.255 e. The van der Waals surface area contributed by atoms with Crippen LogP contribution in [0.2, 0.25) is 0 Å². The number of sulfonamides is 1. The van der Waals surface area contributed by atoms with Gasteiger partial charge in [0.05, 0.1) is 16.8 Å². The highest BCUT2D eigenvalue weighted by atomic mass is 32.2. The van der Waals surface area contributed by atoms with E-state index in [2.05, 4.69) is 10.1 Å². The van der Waals surface area contributed by atoms with Crippen molar-refractivity contribution in [2.24, 2.45) is 5.10 Å². The van der Waals surface area contributed by atoms with Gasteiger partial charge in [0.1, 0.15) is 0 Å². The Morgan fingerprint density at radius 3 is 2.45 bits per heavy atom. The number of benzene rings is 1. The standard InChI is InChI=1S/C14H15N3O2S/c1-12-6-8-14(9-7-12)20(18,19)17(2)16-11-13-5-3-4-10-15-13/h3-11H,1-2H3/b16-11-. The first-order chi connectivity index (χ1) is 9.50. The molecule has 2 rings (SSSR count). The summed E-state index contributed by atoms with van der Waals surface area (Å²) in [6.45, 7) is 1.90. The summed E-state index contributed by atoms with van der Waals surface area (Å²) >= 11 is 0. The summed E-state index contributed by atoms with van der Waals surface area (Å²) in [6, 6.07) is 12.0. The molecule has 0 spiro atoms. The van der Waals surface area contributed by atoms with Crippen molar-refractivity contribution in [2.75, 3.05) is 7.05 Å². The normalized spacial score (nSPS) is 11.7. The lowest BCUT2D eigenvalue weighted by Crippen LogP contribution is -2.21. The second-order valence-corrected chi connectivity index (χ2v) is 6.20. The van der Waals surface area contributed by atoms with Gasteiger partial charge < -0.3 is 0 Å². The van der Waals surface area contributed by atoms with Gasteiger partial charge in [0, 0.05) is 13.2 Å². The second-order valence-electron chi connectivity index (χ2n) is 4.25. The van der Waals surface area contributed by atoms with E-state index in [4.69, 9.17) is 0 Å². The van der Waals surface area contributed by atoms with E-state index in [0.717, 1.165) is 9.98 Å². The maximum atomic E-state index is 12.3. The van der Waals surface area contributed by atoms with E-state index in [1.807, 2.05) is 13.0 Å². The van der Waals surface area contributed by atoms with E-state index in [0.29, 0.717) is 5.69 Å². The van der Waals surface area contributed by atoms with Crippen molar-refractivity contribution in [2.45, 2.75) is 11.8 Å². The molecule has 104 valence electrons. The van der Waals surface area contributed by atoms with Crippen molar-refractivity contribution in [1.29, 1.82) is 0 Å². The molecule has 0 aliphatic rings. The van der Waals surface area contributed by atoms with E-state index >= 15 is 0 Å². The minimum absolute atomic E-state index is 0.212. The fourth-order valence-corrected chi connectivity index (χ4v) is 2.47. The first-order valence-electron chi connectivity index (χ1n) is 6.01. The third kappa shape index (κ3) is 3.21. The molecule has 20 heavy (non-hydrogen) atoms. The number of rotatable bonds is 4. The number of hydrogen-bond donors (Lipinski definition) is 0. The Balaban J connectivity index is 2.21. The van der Waals surface area contributed by atoms with Crippen LogP contribution in [-0.2, 0) is 10.0 Å². The predicted molar refractivity (Wildman–Crippen MR) is 78.0 cm³/mol. The van der Waals surface area contributed by atoms with Crippen molar-refractivity contribution >= 4 is 16.2 Å². The summed E-state index contributed by atoms with van der Waals surface area (Å²) in [7, 11) is -2.22. The van der Waals surface area contributed by atoms with Crippen LogP contribution in [0.1, 0.15) is 11.3 Å². The number of hydrogen-bond acceptors (Lipinski definition) is 4. The van der Waals surface area contributed by atoms with E-state index in [1.54, 1.807) is 42.6 Å². The summed E-state index contributed by atoms with van der Waals surface area (Å²) < 4.78 is 25.4. The lowest BCUT2D eigenvalue weighted by Gasteiger charge is -2.13. The van der Waals surface area contributed by atoms with Crippen LogP contribution in [-0.4, -0.2) is 31.1 Å². The highest BCUT2D eigenvalue weighted by Crippen LogP contribution is 2.15. The zero-order chi connectivity index (χ0) is 14.6. The molecule has 1 heterocycles. The van der Waals surface area contributed by atoms with Gasteiger partial charge in [-0.25, -0.2) is 0 Å². The summed E-state index contributed by atoms with van der Waals surface area (Å²) in [5.74, 6) is 0. The Labute approximate surface area is 118 Å². The van der Waals surface area contributed by atoms with Gasteiger partial charge in [-0.2, -0.15) is 17.9 Å². The molecule has 0 saturated heterocycles. The largest absolute Gasteiger partial charge is 0.278 e. The minimum atomic E-state index is -3.62. The fraction of sp³-hybridized carbons (Fsp3) is 0.143. The molecule has 0 saturated carbocycles. The van der Waals surface area contributed by atoms with E-state index in [-0.39, 0.29) is 4.90 Å². The Morgan fingerprint density at radius 2 is 1.85 bits per heavy atom. The Kier molecular flexibility index (Phi) is 4.14. The van der Waals surface area contributed by atoms with Crippen LogP contribution < -0.4 is 0 Å². The monoisotopic (exact) mass is 289 g/mol. The molecule has 0 N–H and O–H groups in total. The summed E-state index contributed by atoms with van der Waals surface area (Å²) in [6.07, 6.45) is 3.03. The maximum Gasteiger partial charge on any atom is 0.278 e. The molecule has 0 radical (unpaired) electrons. The molecule has 0 amide bonds. The number of pyridine rings is 1. The molecule has 6 heteroatoms. The van der Waals surface area contributed by atoms with Gasteiger partial charge in [-0.15, -0.1) is 0 Å². The number of aryl methyl sites for hydroxylation is 1. The van der Waals surface area contributed by atoms with Gasteiger partial charge in [-0.3, -0.25) is 4.98 Å². The third-order valence-electron chi connectivity index (χ3n) is 2.71. The zero-order valence-corrected chi connectivity index (χ0v) is 12.1. The van der Waals surface area contributed by atoms with Crippen LogP contribution in [0.3, 0.4) is 0 Å². The molecule has 5 nitrogen and oxygen atoms in total. The van der Waals surface area contributed by atoms with Gasteiger partial charge in [0.15, 0.2) is 0 Å². The highest BCUT2D eigenvalue weighted by molar-refractivity contribution is 7.89. The van der Waals surface area contributed by atoms with Gasteiger partial charge in [-0.05, 0) is 31.2 Å². The molecular weight excluding hydrogens is 274 g/mol. The van der Waals surface area contributed by atoms with Crippen LogP contribution in [0.4, 0.5) is 0 Å². The average molecular weight is 289 g/mol. The van der Waals surface area contributed by atoms with Crippen molar-refractivity contribution < 1.29 is 8.42 Å². The zero-order valence-electron chi connectivity index (χ0n) is 11.3. The van der Waals surface area contributed by atoms with E-state index in [9.17, 15) is 8.42 Å². The smallest absolute Gasteiger partial charge is 0.255 e. The molecular formula is C14H15N3O2S. The van der Waals surface area contributed by atoms with Gasteiger partial charge in [-0.1, -0.05) is 23.8 Å².